The molecule has 2 bridgehead atoms. The first kappa shape index (κ1) is 35.6. The number of ether oxygens (including phenoxy) is 1. The number of carbonyl (C=O) groups excluding carboxylic acids is 5. The zero-order valence-electron chi connectivity index (χ0n) is 24.6. The molecule has 0 saturated carbocycles. The molecule has 2 heterocycles. The number of thioether (sulfide) groups is 2. The normalized spacial score (nSPS) is 19.8. The van der Waals surface area contributed by atoms with Crippen molar-refractivity contribution < 1.29 is 28.7 Å². The van der Waals surface area contributed by atoms with Crippen LogP contribution in [0.1, 0.15) is 87.6 Å². The summed E-state index contributed by atoms with van der Waals surface area (Å²) >= 11 is 3.94. The zero-order chi connectivity index (χ0) is 30.7. The van der Waals surface area contributed by atoms with Gasteiger partial charge in [-0.3, -0.25) is 19.2 Å². The van der Waals surface area contributed by atoms with Crippen LogP contribution in [-0.2, 0) is 30.5 Å². The zero-order valence-corrected chi connectivity index (χ0v) is 27.0. The van der Waals surface area contributed by atoms with E-state index in [1.807, 2.05) is 6.92 Å². The average molecular weight is 639 g/mol. The third kappa shape index (κ3) is 13.6. The standard InChI is InChI=1S/C29H42N4O6S3/c1-4-7-8-9-10-14-26(35)41-15-12-11-13-20-16-24(34)30-17-25-31-22(19-42-25)28(37)32-21(5-2)27(36)33-23(18-40-6-3)29(38)39-20/h5,11,13,19-20,23H,4,6-10,12,14-18H2,1-3H3,(H,30,34)(H,32,37)(H,33,36)/t20-,23+/m1/s1. The number of carbonyl (C=O) groups is 5. The molecule has 2 atom stereocenters. The van der Waals surface area contributed by atoms with Crippen LogP contribution in [0.4, 0.5) is 0 Å². The lowest BCUT2D eigenvalue weighted by Crippen LogP contribution is -2.47. The van der Waals surface area contributed by atoms with Crippen molar-refractivity contribution in [3.8, 4) is 0 Å². The van der Waals surface area contributed by atoms with Crippen molar-refractivity contribution in [2.45, 2.75) is 90.8 Å². The third-order valence-corrected chi connectivity index (χ3v) is 8.91. The number of allylic oxidation sites excluding steroid dienone is 2. The van der Waals surface area contributed by atoms with Gasteiger partial charge in [-0.05, 0) is 31.6 Å². The Balaban J connectivity index is 2.10. The first-order valence-corrected chi connectivity index (χ1v) is 17.4. The SMILES string of the molecule is CC=C1NC(=O)c2csc(n2)CNC(=O)C[C@@H](C=CCCSC(=O)CCCCCCC)OC(=O)[C@H](CSCC)NC1=O. The Bertz CT molecular complexity index is 1120. The van der Waals surface area contributed by atoms with Gasteiger partial charge in [0.2, 0.25) is 5.91 Å². The van der Waals surface area contributed by atoms with Gasteiger partial charge in [-0.25, -0.2) is 9.78 Å². The monoisotopic (exact) mass is 638 g/mol. The molecule has 1 aromatic rings. The third-order valence-electron chi connectivity index (χ3n) is 6.12. The summed E-state index contributed by atoms with van der Waals surface area (Å²) in [7, 11) is 0. The molecule has 0 unspecified atom stereocenters. The van der Waals surface area contributed by atoms with Gasteiger partial charge in [0.1, 0.15) is 28.5 Å². The van der Waals surface area contributed by atoms with Crippen molar-refractivity contribution >= 4 is 63.7 Å². The van der Waals surface area contributed by atoms with Crippen LogP contribution in [0.2, 0.25) is 0 Å². The number of fused-ring (bicyclic) bond motifs is 2. The number of esters is 1. The van der Waals surface area contributed by atoms with Crippen LogP contribution < -0.4 is 16.0 Å². The van der Waals surface area contributed by atoms with E-state index in [1.165, 1.54) is 53.8 Å². The molecule has 3 N–H and O–H groups in total. The molecule has 0 fully saturated rings. The molecule has 0 saturated heterocycles. The van der Waals surface area contributed by atoms with Crippen LogP contribution in [0.15, 0.2) is 29.3 Å². The molecule has 0 aliphatic carbocycles. The fraction of sp³-hybridized carbons (Fsp3) is 0.586. The Kier molecular flexibility index (Phi) is 17.2. The van der Waals surface area contributed by atoms with E-state index in [9.17, 15) is 24.0 Å². The fourth-order valence-corrected chi connectivity index (χ4v) is 6.00. The number of unbranched alkanes of at least 4 members (excludes halogenated alkanes) is 4. The number of amides is 3. The summed E-state index contributed by atoms with van der Waals surface area (Å²) in [6.07, 6.45) is 10.5. The Labute approximate surface area is 260 Å². The second kappa shape index (κ2) is 20.3. The summed E-state index contributed by atoms with van der Waals surface area (Å²) in [6.45, 7) is 5.79. The van der Waals surface area contributed by atoms with Crippen LogP contribution in [0, 0.1) is 0 Å². The van der Waals surface area contributed by atoms with E-state index in [-0.39, 0.29) is 41.1 Å². The molecule has 0 spiro atoms. The quantitative estimate of drug-likeness (QED) is 0.123. The summed E-state index contributed by atoms with van der Waals surface area (Å²) in [6, 6.07) is -1.00. The van der Waals surface area contributed by atoms with Crippen molar-refractivity contribution in [1.29, 1.82) is 0 Å². The van der Waals surface area contributed by atoms with Crippen LogP contribution >= 0.6 is 34.9 Å². The summed E-state index contributed by atoms with van der Waals surface area (Å²) in [5, 5.41) is 10.2. The summed E-state index contributed by atoms with van der Waals surface area (Å²) in [4.78, 5) is 67.9. The van der Waals surface area contributed by atoms with E-state index in [1.54, 1.807) is 24.5 Å². The molecule has 0 radical (unpaired) electrons. The van der Waals surface area contributed by atoms with Gasteiger partial charge in [-0.15, -0.1) is 11.3 Å². The Morgan fingerprint density at radius 1 is 1.14 bits per heavy atom. The molecular weight excluding hydrogens is 597 g/mol. The molecule has 0 aromatic carbocycles. The lowest BCUT2D eigenvalue weighted by atomic mass is 10.1. The van der Waals surface area contributed by atoms with E-state index in [0.717, 1.165) is 19.3 Å². The number of aromatic nitrogens is 1. The number of hydrogen-bond donors (Lipinski definition) is 3. The maximum Gasteiger partial charge on any atom is 0.330 e. The molecule has 42 heavy (non-hydrogen) atoms. The van der Waals surface area contributed by atoms with Crippen molar-refractivity contribution in [1.82, 2.24) is 20.9 Å². The number of thiazole rings is 1. The number of nitrogens with one attached hydrogen (secondary N) is 3. The first-order valence-electron chi connectivity index (χ1n) is 14.4. The second-order valence-corrected chi connectivity index (χ2v) is 12.9. The highest BCUT2D eigenvalue weighted by molar-refractivity contribution is 8.13. The number of hydrogen-bond acceptors (Lipinski definition) is 10. The maximum absolute atomic E-state index is 13.2. The van der Waals surface area contributed by atoms with Gasteiger partial charge in [0, 0.05) is 23.3 Å². The number of cyclic esters (lactones) is 1. The van der Waals surface area contributed by atoms with Crippen LogP contribution in [0.5, 0.6) is 0 Å². The molecule has 1 aromatic heterocycles. The molecular formula is C29H42N4O6S3. The molecule has 10 nitrogen and oxygen atoms in total. The van der Waals surface area contributed by atoms with E-state index >= 15 is 0 Å². The highest BCUT2D eigenvalue weighted by atomic mass is 32.2. The average Bonchev–Trinajstić information content (AvgIpc) is 3.45. The summed E-state index contributed by atoms with van der Waals surface area (Å²) in [5.74, 6) is -0.703. The number of rotatable bonds is 13. The van der Waals surface area contributed by atoms with E-state index in [4.69, 9.17) is 4.74 Å². The van der Waals surface area contributed by atoms with E-state index < -0.39 is 29.9 Å². The van der Waals surface area contributed by atoms with Gasteiger partial charge in [0.05, 0.1) is 13.0 Å². The molecule has 1 aliphatic rings. The maximum atomic E-state index is 13.2. The van der Waals surface area contributed by atoms with Crippen LogP contribution in [0.25, 0.3) is 0 Å². The lowest BCUT2D eigenvalue weighted by Gasteiger charge is -2.21. The minimum absolute atomic E-state index is 0.0151. The van der Waals surface area contributed by atoms with Gasteiger partial charge >= 0.3 is 5.97 Å². The molecule has 232 valence electrons. The largest absolute Gasteiger partial charge is 0.456 e. The summed E-state index contributed by atoms with van der Waals surface area (Å²) in [5.41, 5.74) is 0.105. The smallest absolute Gasteiger partial charge is 0.330 e. The topological polar surface area (TPSA) is 144 Å². The Hall–Kier alpha value is -2.64. The van der Waals surface area contributed by atoms with Gasteiger partial charge < -0.3 is 20.7 Å². The molecule has 13 heteroatoms. The molecule has 3 amide bonds. The van der Waals surface area contributed by atoms with Gasteiger partial charge in [0.25, 0.3) is 11.8 Å². The fourth-order valence-electron chi connectivity index (χ4n) is 3.83. The predicted octanol–water partition coefficient (Wildman–Crippen LogP) is 4.51. The Morgan fingerprint density at radius 3 is 2.67 bits per heavy atom. The van der Waals surface area contributed by atoms with Crippen molar-refractivity contribution in [2.75, 3.05) is 17.3 Å². The van der Waals surface area contributed by atoms with Crippen molar-refractivity contribution in [2.24, 2.45) is 0 Å². The van der Waals surface area contributed by atoms with Crippen LogP contribution in [0.3, 0.4) is 0 Å². The highest BCUT2D eigenvalue weighted by Gasteiger charge is 2.28. The number of nitrogens with zero attached hydrogens (tertiary/aromatic N) is 1. The van der Waals surface area contributed by atoms with Crippen molar-refractivity contribution in [3.05, 3.63) is 40.0 Å². The van der Waals surface area contributed by atoms with E-state index in [0.29, 0.717) is 29.4 Å². The molecule has 1 aliphatic heterocycles. The van der Waals surface area contributed by atoms with Gasteiger partial charge in [-0.1, -0.05) is 63.4 Å². The van der Waals surface area contributed by atoms with Crippen LogP contribution in [-0.4, -0.2) is 63.2 Å². The first-order chi connectivity index (χ1) is 20.3. The molecule has 2 rings (SSSR count). The minimum atomic E-state index is -1.00. The summed E-state index contributed by atoms with van der Waals surface area (Å²) < 4.78 is 5.70. The van der Waals surface area contributed by atoms with Gasteiger partial charge in [-0.2, -0.15) is 11.8 Å². The van der Waals surface area contributed by atoms with Gasteiger partial charge in [0.15, 0.2) is 5.12 Å². The predicted molar refractivity (Wildman–Crippen MR) is 169 cm³/mol. The minimum Gasteiger partial charge on any atom is -0.456 e. The second-order valence-electron chi connectivity index (χ2n) is 9.53. The highest BCUT2D eigenvalue weighted by Crippen LogP contribution is 2.15. The van der Waals surface area contributed by atoms with Crippen molar-refractivity contribution in [3.63, 3.8) is 0 Å². The van der Waals surface area contributed by atoms with E-state index in [2.05, 4.69) is 27.9 Å². The Morgan fingerprint density at radius 2 is 1.93 bits per heavy atom. The lowest BCUT2D eigenvalue weighted by molar-refractivity contribution is -0.151.